The van der Waals surface area contributed by atoms with Gasteiger partial charge in [-0.3, -0.25) is 14.5 Å². The molecule has 1 aromatic carbocycles. The predicted molar refractivity (Wildman–Crippen MR) is 100 cm³/mol. The molecule has 1 aromatic rings. The van der Waals surface area contributed by atoms with Crippen LogP contribution in [-0.2, 0) is 14.3 Å². The lowest BCUT2D eigenvalue weighted by molar-refractivity contribution is -0.137. The van der Waals surface area contributed by atoms with Gasteiger partial charge in [-0.1, -0.05) is 25.5 Å². The topological polar surface area (TPSA) is 70.1 Å². The van der Waals surface area contributed by atoms with Crippen LogP contribution < -0.4 is 0 Å². The quantitative estimate of drug-likeness (QED) is 0.471. The molecule has 1 aliphatic rings. The van der Waals surface area contributed by atoms with Gasteiger partial charge in [0.1, 0.15) is 11.5 Å². The number of rotatable bonds is 11. The van der Waals surface area contributed by atoms with Crippen molar-refractivity contribution in [3.8, 4) is 0 Å². The van der Waals surface area contributed by atoms with Crippen LogP contribution in [0.3, 0.4) is 0 Å². The first-order valence-electron chi connectivity index (χ1n) is 9.27. The van der Waals surface area contributed by atoms with Gasteiger partial charge in [-0.25, -0.2) is 4.39 Å². The van der Waals surface area contributed by atoms with Crippen molar-refractivity contribution in [1.29, 1.82) is 0 Å². The van der Waals surface area contributed by atoms with E-state index in [0.29, 0.717) is 25.2 Å². The summed E-state index contributed by atoms with van der Waals surface area (Å²) in [5.74, 6) is -1.22. The van der Waals surface area contributed by atoms with E-state index < -0.39 is 17.6 Å². The molecule has 0 bridgehead atoms. The van der Waals surface area contributed by atoms with E-state index in [0.717, 1.165) is 12.8 Å². The molecule has 0 aliphatic carbocycles. The first-order valence-corrected chi connectivity index (χ1v) is 9.27. The normalized spacial score (nSPS) is 14.4. The van der Waals surface area contributed by atoms with Crippen molar-refractivity contribution in [3.63, 3.8) is 0 Å². The van der Waals surface area contributed by atoms with Crippen molar-refractivity contribution in [3.05, 3.63) is 41.3 Å². The number of amides is 2. The summed E-state index contributed by atoms with van der Waals surface area (Å²) in [6, 6.07) is 5.49. The van der Waals surface area contributed by atoms with Crippen molar-refractivity contribution >= 4 is 17.4 Å². The number of carbonyl (C=O) groups is 2. The smallest absolute Gasteiger partial charge is 0.277 e. The van der Waals surface area contributed by atoms with Gasteiger partial charge in [-0.2, -0.15) is 0 Å². The zero-order chi connectivity index (χ0) is 19.8. The number of nitrogens with zero attached hydrogens (tertiary/aromatic N) is 2. The minimum Gasteiger partial charge on any atom is -0.395 e. The van der Waals surface area contributed by atoms with E-state index in [-0.39, 0.29) is 31.0 Å². The monoisotopic (exact) mass is 378 g/mol. The Bertz CT molecular complexity index is 688. The lowest BCUT2D eigenvalue weighted by atomic mass is 10.0. The zero-order valence-corrected chi connectivity index (χ0v) is 15.9. The molecule has 1 aliphatic heterocycles. The van der Waals surface area contributed by atoms with Gasteiger partial charge >= 0.3 is 0 Å². The van der Waals surface area contributed by atoms with Crippen molar-refractivity contribution in [1.82, 2.24) is 9.80 Å². The van der Waals surface area contributed by atoms with E-state index in [4.69, 9.17) is 4.74 Å². The highest BCUT2D eigenvalue weighted by molar-refractivity contribution is 6.35. The molecule has 1 N–H and O–H groups in total. The van der Waals surface area contributed by atoms with Gasteiger partial charge in [0.05, 0.1) is 12.2 Å². The van der Waals surface area contributed by atoms with Gasteiger partial charge in [-0.15, -0.1) is 0 Å². The van der Waals surface area contributed by atoms with Crippen molar-refractivity contribution in [2.75, 3.05) is 40.0 Å². The Balaban J connectivity index is 2.17. The first-order chi connectivity index (χ1) is 13.0. The molecule has 148 valence electrons. The SMILES string of the molecule is CCCCOCCCN1C(=O)C(c2ccc(F)cc2)=C(N(C)CCO)C1=O. The summed E-state index contributed by atoms with van der Waals surface area (Å²) in [6.45, 7) is 3.55. The molecular weight excluding hydrogens is 351 g/mol. The van der Waals surface area contributed by atoms with Gasteiger partial charge in [-0.05, 0) is 30.5 Å². The molecule has 27 heavy (non-hydrogen) atoms. The summed E-state index contributed by atoms with van der Waals surface area (Å²) in [7, 11) is 1.65. The third-order valence-electron chi connectivity index (χ3n) is 4.41. The number of likely N-dealkylation sites (N-methyl/N-ethyl adjacent to an activating group) is 1. The Morgan fingerprint density at radius 1 is 1.11 bits per heavy atom. The van der Waals surface area contributed by atoms with E-state index >= 15 is 0 Å². The predicted octanol–water partition coefficient (Wildman–Crippen LogP) is 2.04. The van der Waals surface area contributed by atoms with Gasteiger partial charge in [0, 0.05) is 33.4 Å². The number of benzene rings is 1. The second-order valence-electron chi connectivity index (χ2n) is 6.46. The Morgan fingerprint density at radius 2 is 1.78 bits per heavy atom. The summed E-state index contributed by atoms with van der Waals surface area (Å²) < 4.78 is 18.8. The van der Waals surface area contributed by atoms with Crippen LogP contribution >= 0.6 is 0 Å². The maximum atomic E-state index is 13.3. The van der Waals surface area contributed by atoms with E-state index in [1.807, 2.05) is 0 Å². The second-order valence-corrected chi connectivity index (χ2v) is 6.46. The molecule has 0 unspecified atom stereocenters. The fourth-order valence-corrected chi connectivity index (χ4v) is 2.93. The Kier molecular flexibility index (Phi) is 7.94. The van der Waals surface area contributed by atoms with Crippen LogP contribution in [0.15, 0.2) is 30.0 Å². The van der Waals surface area contributed by atoms with Crippen LogP contribution in [0.5, 0.6) is 0 Å². The zero-order valence-electron chi connectivity index (χ0n) is 15.9. The van der Waals surface area contributed by atoms with Crippen LogP contribution in [-0.4, -0.2) is 66.7 Å². The summed E-state index contributed by atoms with van der Waals surface area (Å²) in [5.41, 5.74) is 0.951. The highest BCUT2D eigenvalue weighted by Gasteiger charge is 2.40. The summed E-state index contributed by atoms with van der Waals surface area (Å²) in [4.78, 5) is 28.5. The van der Waals surface area contributed by atoms with E-state index in [9.17, 15) is 19.1 Å². The minimum absolute atomic E-state index is 0.149. The Morgan fingerprint density at radius 3 is 2.41 bits per heavy atom. The fourth-order valence-electron chi connectivity index (χ4n) is 2.93. The van der Waals surface area contributed by atoms with Crippen molar-refractivity contribution < 1.29 is 23.8 Å². The molecule has 6 nitrogen and oxygen atoms in total. The molecule has 0 atom stereocenters. The standard InChI is InChI=1S/C20H27FN2O4/c1-3-4-13-27-14-5-10-23-19(25)17(15-6-8-16(21)9-7-15)18(20(23)26)22(2)11-12-24/h6-9,24H,3-5,10-14H2,1-2H3. The maximum Gasteiger partial charge on any atom is 0.277 e. The maximum absolute atomic E-state index is 13.3. The van der Waals surface area contributed by atoms with Crippen molar-refractivity contribution in [2.24, 2.45) is 0 Å². The molecule has 1 heterocycles. The highest BCUT2D eigenvalue weighted by atomic mass is 19.1. The highest BCUT2D eigenvalue weighted by Crippen LogP contribution is 2.31. The summed E-state index contributed by atoms with van der Waals surface area (Å²) in [6.07, 6.45) is 2.58. The van der Waals surface area contributed by atoms with E-state index in [2.05, 4.69) is 6.92 Å². The third-order valence-corrected chi connectivity index (χ3v) is 4.41. The van der Waals surface area contributed by atoms with Gasteiger partial charge < -0.3 is 14.7 Å². The minimum atomic E-state index is -0.414. The van der Waals surface area contributed by atoms with Crippen LogP contribution in [0.25, 0.3) is 5.57 Å². The van der Waals surface area contributed by atoms with Crippen LogP contribution in [0.4, 0.5) is 4.39 Å². The molecular formula is C20H27FN2O4. The number of aliphatic hydroxyl groups is 1. The van der Waals surface area contributed by atoms with Gasteiger partial charge in [0.2, 0.25) is 0 Å². The lowest BCUT2D eigenvalue weighted by Gasteiger charge is -2.20. The molecule has 0 saturated heterocycles. The van der Waals surface area contributed by atoms with Crippen molar-refractivity contribution in [2.45, 2.75) is 26.2 Å². The molecule has 2 rings (SSSR count). The number of halogens is 1. The average molecular weight is 378 g/mol. The Hall–Kier alpha value is -2.25. The molecule has 7 heteroatoms. The van der Waals surface area contributed by atoms with Crippen LogP contribution in [0.2, 0.25) is 0 Å². The first kappa shape index (κ1) is 21.1. The number of ether oxygens (including phenoxy) is 1. The van der Waals surface area contributed by atoms with Crippen LogP contribution in [0.1, 0.15) is 31.7 Å². The molecule has 0 fully saturated rings. The Labute approximate surface area is 159 Å². The van der Waals surface area contributed by atoms with Gasteiger partial charge in [0.25, 0.3) is 11.8 Å². The summed E-state index contributed by atoms with van der Waals surface area (Å²) in [5, 5.41) is 9.21. The lowest BCUT2D eigenvalue weighted by Crippen LogP contribution is -2.36. The van der Waals surface area contributed by atoms with E-state index in [1.54, 1.807) is 11.9 Å². The number of carbonyl (C=O) groups excluding carboxylic acids is 2. The molecule has 0 saturated carbocycles. The molecule has 0 spiro atoms. The molecule has 2 amide bonds. The second kappa shape index (κ2) is 10.2. The number of imide groups is 1. The number of aliphatic hydroxyl groups excluding tert-OH is 1. The van der Waals surface area contributed by atoms with E-state index in [1.165, 1.54) is 29.2 Å². The number of hydrogen-bond donors (Lipinski definition) is 1. The number of unbranched alkanes of at least 4 members (excludes halogenated alkanes) is 1. The summed E-state index contributed by atoms with van der Waals surface area (Å²) >= 11 is 0. The molecule has 0 aromatic heterocycles. The largest absolute Gasteiger partial charge is 0.395 e. The van der Waals surface area contributed by atoms with Gasteiger partial charge in [0.15, 0.2) is 0 Å². The fraction of sp³-hybridized carbons (Fsp3) is 0.500. The third kappa shape index (κ3) is 5.14. The number of hydrogen-bond acceptors (Lipinski definition) is 5. The van der Waals surface area contributed by atoms with Crippen LogP contribution in [0, 0.1) is 5.82 Å². The molecule has 0 radical (unpaired) electrons. The average Bonchev–Trinajstić information content (AvgIpc) is 2.90.